The van der Waals surface area contributed by atoms with Crippen LogP contribution in [0.5, 0.6) is 5.75 Å². The fraction of sp³-hybridized carbons (Fsp3) is 0.467. The van der Waals surface area contributed by atoms with Crippen LogP contribution in [0.2, 0.25) is 0 Å². The molecule has 21 heavy (non-hydrogen) atoms. The molecule has 0 aliphatic carbocycles. The molecule has 1 aliphatic rings. The molecule has 1 aromatic carbocycles. The van der Waals surface area contributed by atoms with Gasteiger partial charge in [-0.3, -0.25) is 0 Å². The normalized spacial score (nSPS) is 18.8. The topological polar surface area (TPSA) is 93.0 Å². The number of carbonyl (C=O) groups is 1. The Balaban J connectivity index is 2.03. The number of piperidine rings is 1. The number of primary amides is 1. The Kier molecular flexibility index (Phi) is 3.79. The zero-order chi connectivity index (χ0) is 14.8. The highest BCUT2D eigenvalue weighted by molar-refractivity contribution is 5.85. The number of hydrogen-bond acceptors (Lipinski definition) is 4. The molecular formula is C15H20N4O2. The van der Waals surface area contributed by atoms with Gasteiger partial charge in [-0.25, -0.2) is 9.78 Å². The van der Waals surface area contributed by atoms with Crippen LogP contribution in [0.1, 0.15) is 37.1 Å². The number of carbonyl (C=O) groups excluding carboxylic acids is 1. The molecule has 2 heterocycles. The Morgan fingerprint density at radius 1 is 1.52 bits per heavy atom. The van der Waals surface area contributed by atoms with Gasteiger partial charge in [0.2, 0.25) is 0 Å². The minimum atomic E-state index is -0.812. The summed E-state index contributed by atoms with van der Waals surface area (Å²) < 4.78 is 5.11. The van der Waals surface area contributed by atoms with Crippen LogP contribution in [-0.2, 0) is 6.42 Å². The summed E-state index contributed by atoms with van der Waals surface area (Å²) in [6, 6.07) is 3.88. The predicted molar refractivity (Wildman–Crippen MR) is 80.5 cm³/mol. The quantitative estimate of drug-likeness (QED) is 0.806. The molecule has 6 heteroatoms. The Hall–Kier alpha value is -2.08. The van der Waals surface area contributed by atoms with E-state index < -0.39 is 6.09 Å². The van der Waals surface area contributed by atoms with E-state index in [2.05, 4.69) is 28.3 Å². The summed E-state index contributed by atoms with van der Waals surface area (Å²) in [6.07, 6.45) is 2.30. The van der Waals surface area contributed by atoms with E-state index in [-0.39, 0.29) is 0 Å². The molecule has 0 saturated carbocycles. The number of benzene rings is 1. The van der Waals surface area contributed by atoms with Crippen molar-refractivity contribution in [2.45, 2.75) is 32.1 Å². The van der Waals surface area contributed by atoms with Gasteiger partial charge < -0.3 is 20.8 Å². The zero-order valence-electron chi connectivity index (χ0n) is 12.1. The fourth-order valence-corrected chi connectivity index (χ4v) is 2.83. The first-order valence-corrected chi connectivity index (χ1v) is 7.38. The highest BCUT2D eigenvalue weighted by atomic mass is 16.5. The lowest BCUT2D eigenvalue weighted by molar-refractivity contribution is 0.211. The van der Waals surface area contributed by atoms with Crippen molar-refractivity contribution in [3.63, 3.8) is 0 Å². The number of amides is 1. The summed E-state index contributed by atoms with van der Waals surface area (Å²) in [5.41, 5.74) is 7.79. The Labute approximate surface area is 123 Å². The third-order valence-corrected chi connectivity index (χ3v) is 3.93. The van der Waals surface area contributed by atoms with Crippen molar-refractivity contribution >= 4 is 17.1 Å². The van der Waals surface area contributed by atoms with Gasteiger partial charge in [0.1, 0.15) is 11.3 Å². The standard InChI is InChI=1S/C15H20N4O2/c1-2-9-6-11-13(12(7-9)21-15(16)20)19-14(18-11)10-4-3-5-17-8-10/h6-7,10,17H,2-5,8H2,1H3,(H2,16,20)(H,18,19). The molecule has 3 rings (SSSR count). The van der Waals surface area contributed by atoms with Crippen molar-refractivity contribution in [2.24, 2.45) is 5.73 Å². The van der Waals surface area contributed by atoms with Crippen LogP contribution in [-0.4, -0.2) is 29.2 Å². The second-order valence-electron chi connectivity index (χ2n) is 5.43. The van der Waals surface area contributed by atoms with Crippen LogP contribution in [0.15, 0.2) is 12.1 Å². The summed E-state index contributed by atoms with van der Waals surface area (Å²) in [5.74, 6) is 1.75. The van der Waals surface area contributed by atoms with Gasteiger partial charge in [-0.15, -0.1) is 0 Å². The molecule has 1 aromatic heterocycles. The molecule has 0 radical (unpaired) electrons. The summed E-state index contributed by atoms with van der Waals surface area (Å²) in [5, 5.41) is 3.38. The van der Waals surface area contributed by atoms with E-state index in [1.807, 2.05) is 6.07 Å². The summed E-state index contributed by atoms with van der Waals surface area (Å²) in [4.78, 5) is 19.1. The first-order chi connectivity index (χ1) is 10.2. The summed E-state index contributed by atoms with van der Waals surface area (Å²) >= 11 is 0. The van der Waals surface area contributed by atoms with Crippen LogP contribution in [0, 0.1) is 0 Å². The Bertz CT molecular complexity index is 659. The molecule has 4 N–H and O–H groups in total. The minimum absolute atomic E-state index is 0.373. The van der Waals surface area contributed by atoms with Gasteiger partial charge in [-0.2, -0.15) is 0 Å². The molecule has 1 atom stereocenters. The van der Waals surface area contributed by atoms with Crippen LogP contribution in [0.25, 0.3) is 11.0 Å². The number of nitrogens with one attached hydrogen (secondary N) is 2. The van der Waals surface area contributed by atoms with Gasteiger partial charge >= 0.3 is 6.09 Å². The number of hydrogen-bond donors (Lipinski definition) is 3. The van der Waals surface area contributed by atoms with E-state index in [1.54, 1.807) is 0 Å². The van der Waals surface area contributed by atoms with Crippen LogP contribution < -0.4 is 15.8 Å². The number of H-pyrrole nitrogens is 1. The molecule has 6 nitrogen and oxygen atoms in total. The monoisotopic (exact) mass is 288 g/mol. The van der Waals surface area contributed by atoms with Gasteiger partial charge in [0, 0.05) is 12.5 Å². The highest BCUT2D eigenvalue weighted by Gasteiger charge is 2.20. The van der Waals surface area contributed by atoms with Gasteiger partial charge in [-0.05, 0) is 43.5 Å². The number of fused-ring (bicyclic) bond motifs is 1. The van der Waals surface area contributed by atoms with Crippen molar-refractivity contribution in [3.8, 4) is 5.75 Å². The summed E-state index contributed by atoms with van der Waals surface area (Å²) in [6.45, 7) is 4.04. The van der Waals surface area contributed by atoms with E-state index in [0.717, 1.165) is 49.3 Å². The molecule has 0 spiro atoms. The number of imidazole rings is 1. The molecule has 1 unspecified atom stereocenters. The van der Waals surface area contributed by atoms with E-state index in [1.165, 1.54) is 0 Å². The average Bonchev–Trinajstić information content (AvgIpc) is 2.91. The molecule has 1 aliphatic heterocycles. The van der Waals surface area contributed by atoms with E-state index in [0.29, 0.717) is 17.2 Å². The average molecular weight is 288 g/mol. The number of rotatable bonds is 3. The lowest BCUT2D eigenvalue weighted by Gasteiger charge is -2.20. The van der Waals surface area contributed by atoms with Crippen molar-refractivity contribution in [2.75, 3.05) is 13.1 Å². The lowest BCUT2D eigenvalue weighted by atomic mass is 9.99. The maximum atomic E-state index is 11.1. The summed E-state index contributed by atoms with van der Waals surface area (Å²) in [7, 11) is 0. The number of aromatic nitrogens is 2. The largest absolute Gasteiger partial charge is 0.410 e. The maximum Gasteiger partial charge on any atom is 0.410 e. The van der Waals surface area contributed by atoms with Crippen LogP contribution in [0.3, 0.4) is 0 Å². The number of aromatic amines is 1. The maximum absolute atomic E-state index is 11.1. The van der Waals surface area contributed by atoms with Crippen LogP contribution >= 0.6 is 0 Å². The molecule has 0 bridgehead atoms. The molecular weight excluding hydrogens is 268 g/mol. The third-order valence-electron chi connectivity index (χ3n) is 3.93. The zero-order valence-corrected chi connectivity index (χ0v) is 12.1. The smallest absolute Gasteiger partial charge is 0.408 e. The van der Waals surface area contributed by atoms with E-state index >= 15 is 0 Å². The van der Waals surface area contributed by atoms with Crippen LogP contribution in [0.4, 0.5) is 4.79 Å². The number of nitrogens with zero attached hydrogens (tertiary/aromatic N) is 1. The molecule has 1 fully saturated rings. The molecule has 1 saturated heterocycles. The highest BCUT2D eigenvalue weighted by Crippen LogP contribution is 2.30. The number of nitrogens with two attached hydrogens (primary N) is 1. The fourth-order valence-electron chi connectivity index (χ4n) is 2.83. The van der Waals surface area contributed by atoms with Gasteiger partial charge in [0.05, 0.1) is 5.52 Å². The number of ether oxygens (including phenoxy) is 1. The molecule has 112 valence electrons. The minimum Gasteiger partial charge on any atom is -0.408 e. The van der Waals surface area contributed by atoms with Crippen molar-refractivity contribution < 1.29 is 9.53 Å². The van der Waals surface area contributed by atoms with E-state index in [9.17, 15) is 4.79 Å². The van der Waals surface area contributed by atoms with Gasteiger partial charge in [-0.1, -0.05) is 6.92 Å². The third kappa shape index (κ3) is 2.85. The lowest BCUT2D eigenvalue weighted by Crippen LogP contribution is -2.28. The number of aryl methyl sites for hydroxylation is 1. The SMILES string of the molecule is CCc1cc(OC(N)=O)c2nc(C3CCCNC3)[nH]c2c1. The second kappa shape index (κ2) is 5.73. The first kappa shape index (κ1) is 13.9. The first-order valence-electron chi connectivity index (χ1n) is 7.38. The van der Waals surface area contributed by atoms with Crippen molar-refractivity contribution in [1.82, 2.24) is 15.3 Å². The van der Waals surface area contributed by atoms with E-state index in [4.69, 9.17) is 10.5 Å². The second-order valence-corrected chi connectivity index (χ2v) is 5.43. The van der Waals surface area contributed by atoms with Gasteiger partial charge in [0.15, 0.2) is 5.75 Å². The predicted octanol–water partition coefficient (Wildman–Crippen LogP) is 2.05. The Morgan fingerprint density at radius 3 is 3.05 bits per heavy atom. The molecule has 1 amide bonds. The van der Waals surface area contributed by atoms with Gasteiger partial charge in [0.25, 0.3) is 0 Å². The molecule has 2 aromatic rings. The Morgan fingerprint density at radius 2 is 2.38 bits per heavy atom. The van der Waals surface area contributed by atoms with Crippen molar-refractivity contribution in [1.29, 1.82) is 0 Å². The van der Waals surface area contributed by atoms with Crippen molar-refractivity contribution in [3.05, 3.63) is 23.5 Å².